The average Bonchev–Trinajstić information content (AvgIpc) is 2.95. The van der Waals surface area contributed by atoms with Crippen LogP contribution in [0.4, 0.5) is 0 Å². The number of fused-ring (bicyclic) bond motifs is 1. The van der Waals surface area contributed by atoms with Crippen molar-refractivity contribution in [3.05, 3.63) is 46.4 Å². The lowest BCUT2D eigenvalue weighted by molar-refractivity contribution is 0.0993. The predicted molar refractivity (Wildman–Crippen MR) is 67.9 cm³/mol. The largest absolute Gasteiger partial charge is 0.294 e. The Kier molecular flexibility index (Phi) is 2.64. The van der Waals surface area contributed by atoms with Crippen LogP contribution in [0, 0.1) is 6.92 Å². The normalized spacial score (nSPS) is 10.9. The maximum absolute atomic E-state index is 12.2. The van der Waals surface area contributed by atoms with Gasteiger partial charge >= 0.3 is 0 Å². The van der Waals surface area contributed by atoms with E-state index in [1.54, 1.807) is 40.6 Å². The van der Waals surface area contributed by atoms with Gasteiger partial charge in [-0.1, -0.05) is 0 Å². The molecule has 0 bridgehead atoms. The maximum atomic E-state index is 12.2. The first-order valence-corrected chi connectivity index (χ1v) is 6.33. The van der Waals surface area contributed by atoms with E-state index in [9.17, 15) is 4.79 Å². The second-order valence-electron chi connectivity index (χ2n) is 3.92. The van der Waals surface area contributed by atoms with E-state index in [4.69, 9.17) is 0 Å². The molecule has 0 amide bonds. The Morgan fingerprint density at radius 2 is 2.33 bits per heavy atom. The van der Waals surface area contributed by atoms with E-state index >= 15 is 0 Å². The summed E-state index contributed by atoms with van der Waals surface area (Å²) < 4.78 is 1.65. The second kappa shape index (κ2) is 4.30. The van der Waals surface area contributed by atoms with Crippen molar-refractivity contribution in [3.63, 3.8) is 0 Å². The molecule has 0 atom stereocenters. The summed E-state index contributed by atoms with van der Waals surface area (Å²) in [5.74, 6) is 0.0169. The topological polar surface area (TPSA) is 60.2 Å². The van der Waals surface area contributed by atoms with Gasteiger partial charge in [0, 0.05) is 17.8 Å². The third-order valence-electron chi connectivity index (χ3n) is 2.63. The van der Waals surface area contributed by atoms with Crippen LogP contribution in [-0.2, 0) is 6.42 Å². The molecule has 90 valence electrons. The molecule has 0 saturated carbocycles. The SMILES string of the molecule is Cc1nc(CC(=O)c2cnn3ccncc23)cs1. The molecule has 3 heterocycles. The first-order chi connectivity index (χ1) is 8.74. The number of Topliss-reactive ketones (excluding diaryl/α,β-unsaturated/α-hetero) is 1. The van der Waals surface area contributed by atoms with E-state index in [0.29, 0.717) is 12.0 Å². The van der Waals surface area contributed by atoms with Crippen molar-refractivity contribution in [2.24, 2.45) is 0 Å². The molecule has 6 heteroatoms. The molecule has 5 nitrogen and oxygen atoms in total. The third-order valence-corrected chi connectivity index (χ3v) is 3.46. The highest BCUT2D eigenvalue weighted by atomic mass is 32.1. The van der Waals surface area contributed by atoms with Crippen LogP contribution in [0.3, 0.4) is 0 Å². The molecule has 0 fully saturated rings. The molecular formula is C12H10N4OS. The molecule has 0 N–H and O–H groups in total. The molecule has 0 aliphatic heterocycles. The molecule has 3 rings (SSSR count). The maximum Gasteiger partial charge on any atom is 0.172 e. The van der Waals surface area contributed by atoms with Crippen LogP contribution in [0.15, 0.2) is 30.2 Å². The summed E-state index contributed by atoms with van der Waals surface area (Å²) in [5.41, 5.74) is 2.13. The van der Waals surface area contributed by atoms with Crippen molar-refractivity contribution >= 4 is 22.6 Å². The van der Waals surface area contributed by atoms with E-state index in [1.165, 1.54) is 0 Å². The Hall–Kier alpha value is -2.08. The summed E-state index contributed by atoms with van der Waals surface area (Å²) in [4.78, 5) is 20.5. The molecule has 3 aromatic heterocycles. The van der Waals surface area contributed by atoms with E-state index in [2.05, 4.69) is 15.1 Å². The van der Waals surface area contributed by atoms with Gasteiger partial charge in [-0.15, -0.1) is 11.3 Å². The summed E-state index contributed by atoms with van der Waals surface area (Å²) in [6, 6.07) is 0. The summed E-state index contributed by atoms with van der Waals surface area (Å²) >= 11 is 1.55. The molecule has 0 aliphatic carbocycles. The van der Waals surface area contributed by atoms with Gasteiger partial charge in [0.2, 0.25) is 0 Å². The summed E-state index contributed by atoms with van der Waals surface area (Å²) in [6.45, 7) is 1.93. The van der Waals surface area contributed by atoms with E-state index in [-0.39, 0.29) is 5.78 Å². The highest BCUT2D eigenvalue weighted by molar-refractivity contribution is 7.09. The van der Waals surface area contributed by atoms with Crippen molar-refractivity contribution in [3.8, 4) is 0 Å². The molecule has 0 spiro atoms. The molecule has 0 aliphatic rings. The van der Waals surface area contributed by atoms with Gasteiger partial charge in [-0.05, 0) is 6.92 Å². The number of aryl methyl sites for hydroxylation is 1. The molecule has 18 heavy (non-hydrogen) atoms. The fraction of sp³-hybridized carbons (Fsp3) is 0.167. The minimum Gasteiger partial charge on any atom is -0.294 e. The third kappa shape index (κ3) is 1.91. The Morgan fingerprint density at radius 1 is 1.44 bits per heavy atom. The van der Waals surface area contributed by atoms with Crippen molar-refractivity contribution in [1.29, 1.82) is 0 Å². The van der Waals surface area contributed by atoms with Gasteiger partial charge in [0.1, 0.15) is 0 Å². The minimum atomic E-state index is 0.0169. The number of rotatable bonds is 3. The molecule has 0 saturated heterocycles. The van der Waals surface area contributed by atoms with Gasteiger partial charge in [-0.2, -0.15) is 5.10 Å². The molecule has 0 aromatic carbocycles. The van der Waals surface area contributed by atoms with Gasteiger partial charge in [-0.25, -0.2) is 9.50 Å². The highest BCUT2D eigenvalue weighted by Gasteiger charge is 2.14. The summed E-state index contributed by atoms with van der Waals surface area (Å²) in [6.07, 6.45) is 6.89. The zero-order valence-electron chi connectivity index (χ0n) is 9.70. The van der Waals surface area contributed by atoms with E-state index in [0.717, 1.165) is 16.2 Å². The van der Waals surface area contributed by atoms with E-state index < -0.39 is 0 Å². The van der Waals surface area contributed by atoms with Crippen LogP contribution < -0.4 is 0 Å². The predicted octanol–water partition coefficient (Wildman–Crippen LogP) is 1.92. The van der Waals surface area contributed by atoms with E-state index in [1.807, 2.05) is 12.3 Å². The number of ketones is 1. The first-order valence-electron chi connectivity index (χ1n) is 5.45. The number of carbonyl (C=O) groups is 1. The average molecular weight is 258 g/mol. The lowest BCUT2D eigenvalue weighted by Crippen LogP contribution is -2.03. The Morgan fingerprint density at radius 3 is 3.11 bits per heavy atom. The van der Waals surface area contributed by atoms with Gasteiger partial charge in [0.15, 0.2) is 5.78 Å². The number of carbonyl (C=O) groups excluding carboxylic acids is 1. The van der Waals surface area contributed by atoms with Crippen LogP contribution in [0.2, 0.25) is 0 Å². The first kappa shape index (κ1) is 11.0. The quantitative estimate of drug-likeness (QED) is 0.673. The smallest absolute Gasteiger partial charge is 0.172 e. The van der Waals surface area contributed by atoms with Crippen LogP contribution in [-0.4, -0.2) is 25.4 Å². The van der Waals surface area contributed by atoms with Crippen LogP contribution in [0.25, 0.3) is 5.52 Å². The lowest BCUT2D eigenvalue weighted by Gasteiger charge is -1.96. The number of hydrogen-bond donors (Lipinski definition) is 0. The minimum absolute atomic E-state index is 0.0169. The van der Waals surface area contributed by atoms with Gasteiger partial charge in [-0.3, -0.25) is 9.78 Å². The van der Waals surface area contributed by atoms with Crippen molar-refractivity contribution in [1.82, 2.24) is 19.6 Å². The van der Waals surface area contributed by atoms with Gasteiger partial charge in [0.05, 0.1) is 40.6 Å². The number of aromatic nitrogens is 4. The van der Waals surface area contributed by atoms with Gasteiger partial charge < -0.3 is 0 Å². The summed E-state index contributed by atoms with van der Waals surface area (Å²) in [7, 11) is 0. The fourth-order valence-electron chi connectivity index (χ4n) is 1.80. The van der Waals surface area contributed by atoms with Gasteiger partial charge in [0.25, 0.3) is 0 Å². The molecule has 3 aromatic rings. The zero-order valence-corrected chi connectivity index (χ0v) is 10.5. The molecule has 0 radical (unpaired) electrons. The molecular weight excluding hydrogens is 248 g/mol. The Labute approximate surface area is 107 Å². The lowest BCUT2D eigenvalue weighted by atomic mass is 10.1. The number of nitrogens with zero attached hydrogens (tertiary/aromatic N) is 4. The number of thiazole rings is 1. The fourth-order valence-corrected chi connectivity index (χ4v) is 2.41. The Balaban J connectivity index is 1.92. The van der Waals surface area contributed by atoms with Crippen molar-refractivity contribution in [2.75, 3.05) is 0 Å². The van der Waals surface area contributed by atoms with Crippen LogP contribution >= 0.6 is 11.3 Å². The number of hydrogen-bond acceptors (Lipinski definition) is 5. The second-order valence-corrected chi connectivity index (χ2v) is 4.98. The van der Waals surface area contributed by atoms with Crippen LogP contribution in [0.1, 0.15) is 21.1 Å². The van der Waals surface area contributed by atoms with Crippen LogP contribution in [0.5, 0.6) is 0 Å². The summed E-state index contributed by atoms with van der Waals surface area (Å²) in [5, 5.41) is 7.01. The monoisotopic (exact) mass is 258 g/mol. The highest BCUT2D eigenvalue weighted by Crippen LogP contribution is 2.14. The standard InChI is InChI=1S/C12H10N4OS/c1-8-15-9(7-18-8)4-12(17)10-5-14-16-3-2-13-6-11(10)16/h2-3,5-7H,4H2,1H3. The molecule has 0 unspecified atom stereocenters. The van der Waals surface area contributed by atoms with Crippen molar-refractivity contribution < 1.29 is 4.79 Å². The zero-order chi connectivity index (χ0) is 12.5. The van der Waals surface area contributed by atoms with Crippen molar-refractivity contribution in [2.45, 2.75) is 13.3 Å². The Bertz CT molecular complexity index is 716.